The number of rotatable bonds is 6. The third-order valence-electron chi connectivity index (χ3n) is 3.78. The maximum atomic E-state index is 5.08. The normalized spacial score (nSPS) is 20.9. The number of aryl methyl sites for hydroxylation is 1. The maximum Gasteiger partial charge on any atom is 0.203 e. The number of methoxy groups -OCH3 is 1. The third-order valence-corrected chi connectivity index (χ3v) is 3.78. The van der Waals surface area contributed by atoms with E-state index in [0.717, 1.165) is 18.2 Å². The Morgan fingerprint density at radius 2 is 2.15 bits per heavy atom. The van der Waals surface area contributed by atoms with Gasteiger partial charge in [-0.25, -0.2) is 4.98 Å². The number of nitrogens with zero attached hydrogens (tertiary/aromatic N) is 2. The molecule has 106 valence electrons. The summed E-state index contributed by atoms with van der Waals surface area (Å²) >= 11 is 0. The molecule has 0 spiro atoms. The molecule has 20 heavy (non-hydrogen) atoms. The lowest BCUT2D eigenvalue weighted by Gasteiger charge is -2.09. The van der Waals surface area contributed by atoms with Crippen molar-refractivity contribution in [3.8, 4) is 0 Å². The number of anilines is 1. The zero-order valence-electron chi connectivity index (χ0n) is 12.0. The molecule has 0 saturated heterocycles. The van der Waals surface area contributed by atoms with Crippen LogP contribution < -0.4 is 5.32 Å². The van der Waals surface area contributed by atoms with Gasteiger partial charge in [-0.1, -0.05) is 30.3 Å². The molecule has 0 bridgehead atoms. The van der Waals surface area contributed by atoms with Crippen molar-refractivity contribution in [2.24, 2.45) is 0 Å². The summed E-state index contributed by atoms with van der Waals surface area (Å²) in [4.78, 5) is 4.57. The third kappa shape index (κ3) is 2.70. The van der Waals surface area contributed by atoms with Gasteiger partial charge in [-0.2, -0.15) is 0 Å². The van der Waals surface area contributed by atoms with E-state index >= 15 is 0 Å². The molecule has 3 rings (SSSR count). The van der Waals surface area contributed by atoms with Crippen molar-refractivity contribution in [2.45, 2.75) is 25.3 Å². The van der Waals surface area contributed by atoms with E-state index in [0.29, 0.717) is 18.6 Å². The second-order valence-corrected chi connectivity index (χ2v) is 5.35. The highest BCUT2D eigenvalue weighted by Gasteiger charge is 2.40. The number of benzene rings is 1. The highest BCUT2D eigenvalue weighted by Crippen LogP contribution is 2.52. The smallest absolute Gasteiger partial charge is 0.203 e. The molecule has 0 amide bonds. The Balaban J connectivity index is 1.72. The first-order valence-corrected chi connectivity index (χ1v) is 7.13. The molecule has 1 aromatic carbocycles. The number of hydrogen-bond acceptors (Lipinski definition) is 3. The Labute approximate surface area is 119 Å². The molecule has 2 atom stereocenters. The van der Waals surface area contributed by atoms with Crippen LogP contribution in [0.25, 0.3) is 0 Å². The van der Waals surface area contributed by atoms with Gasteiger partial charge in [0.05, 0.1) is 12.3 Å². The number of hydrogen-bond donors (Lipinski definition) is 1. The molecule has 4 heteroatoms. The van der Waals surface area contributed by atoms with Gasteiger partial charge in [0.25, 0.3) is 0 Å². The summed E-state index contributed by atoms with van der Waals surface area (Å²) in [6.07, 6.45) is 3.33. The zero-order valence-corrected chi connectivity index (χ0v) is 12.0. The Morgan fingerprint density at radius 3 is 2.90 bits per heavy atom. The second-order valence-electron chi connectivity index (χ2n) is 5.35. The number of imidazole rings is 1. The van der Waals surface area contributed by atoms with E-state index in [1.165, 1.54) is 12.0 Å². The molecule has 2 aromatic rings. The van der Waals surface area contributed by atoms with Crippen molar-refractivity contribution in [1.29, 1.82) is 0 Å². The van der Waals surface area contributed by atoms with Gasteiger partial charge in [0.15, 0.2) is 0 Å². The Bertz CT molecular complexity index is 564. The number of aromatic nitrogens is 2. The van der Waals surface area contributed by atoms with Gasteiger partial charge in [0, 0.05) is 31.8 Å². The molecule has 1 aromatic heterocycles. The van der Waals surface area contributed by atoms with Crippen LogP contribution in [0.4, 0.5) is 5.95 Å². The molecule has 0 aliphatic heterocycles. The van der Waals surface area contributed by atoms with Crippen LogP contribution >= 0.6 is 0 Å². The fraction of sp³-hybridized carbons (Fsp3) is 0.438. The summed E-state index contributed by atoms with van der Waals surface area (Å²) in [5.41, 5.74) is 2.48. The first-order chi connectivity index (χ1) is 9.79. The highest BCUT2D eigenvalue weighted by molar-refractivity contribution is 5.35. The van der Waals surface area contributed by atoms with Gasteiger partial charge in [-0.15, -0.1) is 0 Å². The lowest BCUT2D eigenvalue weighted by molar-refractivity contribution is 0.210. The summed E-state index contributed by atoms with van der Waals surface area (Å²) in [6.45, 7) is 3.52. The SMILES string of the molecule is COCCNc1nc(C)cn1C1CC1c1ccccc1. The van der Waals surface area contributed by atoms with Crippen LogP contribution in [0.3, 0.4) is 0 Å². The van der Waals surface area contributed by atoms with Crippen LogP contribution in [-0.2, 0) is 4.74 Å². The average Bonchev–Trinajstić information content (AvgIpc) is 3.18. The minimum atomic E-state index is 0.531. The van der Waals surface area contributed by atoms with Crippen molar-refractivity contribution in [3.05, 3.63) is 47.8 Å². The number of ether oxygens (including phenoxy) is 1. The standard InChI is InChI=1S/C16H21N3O/c1-12-11-19(16(18-12)17-8-9-20-2)15-10-14(15)13-6-4-3-5-7-13/h3-7,11,14-15H,8-10H2,1-2H3,(H,17,18). The van der Waals surface area contributed by atoms with Gasteiger partial charge < -0.3 is 14.6 Å². The van der Waals surface area contributed by atoms with Gasteiger partial charge in [0.1, 0.15) is 0 Å². The predicted octanol–water partition coefficient (Wildman–Crippen LogP) is 2.98. The zero-order chi connectivity index (χ0) is 13.9. The van der Waals surface area contributed by atoms with Crippen LogP contribution in [0.2, 0.25) is 0 Å². The van der Waals surface area contributed by atoms with Crippen LogP contribution in [0.15, 0.2) is 36.5 Å². The summed E-state index contributed by atoms with van der Waals surface area (Å²) in [5, 5.41) is 3.36. The molecular weight excluding hydrogens is 250 g/mol. The lowest BCUT2D eigenvalue weighted by atomic mass is 10.1. The minimum absolute atomic E-state index is 0.531. The van der Waals surface area contributed by atoms with Gasteiger partial charge >= 0.3 is 0 Å². The van der Waals surface area contributed by atoms with Crippen molar-refractivity contribution >= 4 is 5.95 Å². The van der Waals surface area contributed by atoms with Crippen LogP contribution in [0, 0.1) is 6.92 Å². The second kappa shape index (κ2) is 5.67. The van der Waals surface area contributed by atoms with E-state index in [2.05, 4.69) is 51.4 Å². The topological polar surface area (TPSA) is 39.1 Å². The fourth-order valence-electron chi connectivity index (χ4n) is 2.71. The van der Waals surface area contributed by atoms with Crippen molar-refractivity contribution in [2.75, 3.05) is 25.6 Å². The molecule has 2 unspecified atom stereocenters. The maximum absolute atomic E-state index is 5.08. The lowest BCUT2D eigenvalue weighted by Crippen LogP contribution is -2.12. The highest BCUT2D eigenvalue weighted by atomic mass is 16.5. The van der Waals surface area contributed by atoms with E-state index in [1.807, 2.05) is 6.92 Å². The van der Waals surface area contributed by atoms with Crippen LogP contribution in [0.5, 0.6) is 0 Å². The van der Waals surface area contributed by atoms with Crippen LogP contribution in [0.1, 0.15) is 29.6 Å². The molecular formula is C16H21N3O. The monoisotopic (exact) mass is 271 g/mol. The molecule has 1 saturated carbocycles. The van der Waals surface area contributed by atoms with E-state index < -0.39 is 0 Å². The summed E-state index contributed by atoms with van der Waals surface area (Å²) < 4.78 is 7.36. The molecule has 4 nitrogen and oxygen atoms in total. The van der Waals surface area contributed by atoms with Gasteiger partial charge in [-0.3, -0.25) is 0 Å². The van der Waals surface area contributed by atoms with Crippen molar-refractivity contribution in [3.63, 3.8) is 0 Å². The van der Waals surface area contributed by atoms with E-state index in [9.17, 15) is 0 Å². The first kappa shape index (κ1) is 13.2. The summed E-state index contributed by atoms with van der Waals surface area (Å²) in [7, 11) is 1.71. The van der Waals surface area contributed by atoms with E-state index in [-0.39, 0.29) is 0 Å². The summed E-state index contributed by atoms with van der Waals surface area (Å²) in [6, 6.07) is 11.3. The largest absolute Gasteiger partial charge is 0.383 e. The Morgan fingerprint density at radius 1 is 1.35 bits per heavy atom. The molecule has 0 radical (unpaired) electrons. The quantitative estimate of drug-likeness (QED) is 0.821. The number of nitrogens with one attached hydrogen (secondary N) is 1. The molecule has 1 aliphatic rings. The molecule has 1 aliphatic carbocycles. The Kier molecular flexibility index (Phi) is 3.74. The average molecular weight is 271 g/mol. The molecule has 1 heterocycles. The van der Waals surface area contributed by atoms with Gasteiger partial charge in [0.2, 0.25) is 5.95 Å². The van der Waals surface area contributed by atoms with Gasteiger partial charge in [-0.05, 0) is 18.9 Å². The Hall–Kier alpha value is -1.81. The predicted molar refractivity (Wildman–Crippen MR) is 80.2 cm³/mol. The molecule has 1 fully saturated rings. The molecule has 1 N–H and O–H groups in total. The van der Waals surface area contributed by atoms with Crippen LogP contribution in [-0.4, -0.2) is 29.8 Å². The van der Waals surface area contributed by atoms with E-state index in [4.69, 9.17) is 4.74 Å². The first-order valence-electron chi connectivity index (χ1n) is 7.13. The van der Waals surface area contributed by atoms with Crippen molar-refractivity contribution in [1.82, 2.24) is 9.55 Å². The minimum Gasteiger partial charge on any atom is -0.383 e. The summed E-state index contributed by atoms with van der Waals surface area (Å²) in [5.74, 6) is 1.58. The van der Waals surface area contributed by atoms with E-state index in [1.54, 1.807) is 7.11 Å². The van der Waals surface area contributed by atoms with Crippen molar-refractivity contribution < 1.29 is 4.74 Å². The fourth-order valence-corrected chi connectivity index (χ4v) is 2.71.